The van der Waals surface area contributed by atoms with Gasteiger partial charge in [0.2, 0.25) is 0 Å². The van der Waals surface area contributed by atoms with Gasteiger partial charge in [0.15, 0.2) is 5.78 Å². The molecule has 0 radical (unpaired) electrons. The van der Waals surface area contributed by atoms with Crippen LogP contribution in [-0.4, -0.2) is 10.8 Å². The normalized spacial score (nSPS) is 13.4. The number of hydrogen-bond donors (Lipinski definition) is 1. The highest BCUT2D eigenvalue weighted by atomic mass is 16.1. The molecule has 0 aliphatic heterocycles. The van der Waals surface area contributed by atoms with Crippen molar-refractivity contribution in [1.29, 1.82) is 0 Å². The van der Waals surface area contributed by atoms with Gasteiger partial charge < -0.3 is 5.32 Å². The van der Waals surface area contributed by atoms with E-state index in [2.05, 4.69) is 16.4 Å². The molecule has 0 fully saturated rings. The van der Waals surface area contributed by atoms with E-state index < -0.39 is 0 Å². The van der Waals surface area contributed by atoms with Gasteiger partial charge in [-0.2, -0.15) is 0 Å². The quantitative estimate of drug-likeness (QED) is 0.764. The van der Waals surface area contributed by atoms with E-state index in [1.807, 2.05) is 42.5 Å². The lowest BCUT2D eigenvalue weighted by Gasteiger charge is -2.11. The van der Waals surface area contributed by atoms with Gasteiger partial charge >= 0.3 is 0 Å². The Morgan fingerprint density at radius 2 is 1.90 bits per heavy atom. The predicted octanol–water partition coefficient (Wildman–Crippen LogP) is 4.11. The van der Waals surface area contributed by atoms with Gasteiger partial charge in [0.25, 0.3) is 0 Å². The maximum atomic E-state index is 12.0. The van der Waals surface area contributed by atoms with Crippen molar-refractivity contribution in [2.75, 3.05) is 5.32 Å². The van der Waals surface area contributed by atoms with E-state index in [0.717, 1.165) is 39.8 Å². The van der Waals surface area contributed by atoms with Crippen molar-refractivity contribution in [3.63, 3.8) is 0 Å². The number of carbonyl (C=O) groups is 1. The molecule has 3 aromatic rings. The molecule has 4 rings (SSSR count). The molecule has 2 aromatic carbocycles. The van der Waals surface area contributed by atoms with Crippen LogP contribution in [0.4, 0.5) is 11.4 Å². The van der Waals surface area contributed by atoms with Crippen LogP contribution in [0, 0.1) is 0 Å². The summed E-state index contributed by atoms with van der Waals surface area (Å²) < 4.78 is 0. The number of Topliss-reactive ketones (excluding diaryl/α,β-unsaturated/α-hetero) is 1. The summed E-state index contributed by atoms with van der Waals surface area (Å²) in [7, 11) is 0. The zero-order chi connectivity index (χ0) is 14.2. The summed E-state index contributed by atoms with van der Waals surface area (Å²) in [6.45, 7) is 0. The number of pyridine rings is 1. The second-order valence-electron chi connectivity index (χ2n) is 5.30. The smallest absolute Gasteiger partial charge is 0.165 e. The van der Waals surface area contributed by atoms with Crippen molar-refractivity contribution < 1.29 is 4.79 Å². The van der Waals surface area contributed by atoms with E-state index in [9.17, 15) is 4.79 Å². The fraction of sp³-hybridized carbons (Fsp3) is 0.111. The summed E-state index contributed by atoms with van der Waals surface area (Å²) in [4.78, 5) is 16.5. The number of aromatic nitrogens is 1. The third kappa shape index (κ3) is 2.07. The largest absolute Gasteiger partial charge is 0.354 e. The molecule has 21 heavy (non-hydrogen) atoms. The van der Waals surface area contributed by atoms with E-state index >= 15 is 0 Å². The summed E-state index contributed by atoms with van der Waals surface area (Å²) in [6, 6.07) is 16.0. The zero-order valence-corrected chi connectivity index (χ0v) is 11.5. The molecule has 1 heterocycles. The van der Waals surface area contributed by atoms with Crippen LogP contribution in [0.2, 0.25) is 0 Å². The van der Waals surface area contributed by atoms with Crippen LogP contribution < -0.4 is 5.32 Å². The van der Waals surface area contributed by atoms with Crippen LogP contribution in [0.25, 0.3) is 10.9 Å². The maximum absolute atomic E-state index is 12.0. The summed E-state index contributed by atoms with van der Waals surface area (Å²) in [6.07, 6.45) is 3.27. The Balaban J connectivity index is 1.75. The number of fused-ring (bicyclic) bond motifs is 2. The first-order valence-electron chi connectivity index (χ1n) is 7.08. The van der Waals surface area contributed by atoms with Crippen molar-refractivity contribution in [1.82, 2.24) is 4.98 Å². The van der Waals surface area contributed by atoms with Gasteiger partial charge in [0.1, 0.15) is 0 Å². The molecule has 0 atom stereocenters. The minimum atomic E-state index is 0.224. The van der Waals surface area contributed by atoms with Crippen LogP contribution >= 0.6 is 0 Å². The van der Waals surface area contributed by atoms with E-state index in [-0.39, 0.29) is 5.78 Å². The van der Waals surface area contributed by atoms with Crippen LogP contribution in [0.3, 0.4) is 0 Å². The summed E-state index contributed by atoms with van der Waals surface area (Å²) in [5, 5.41) is 4.43. The number of nitrogens with zero attached hydrogens (tertiary/aromatic N) is 1. The van der Waals surface area contributed by atoms with E-state index in [1.54, 1.807) is 6.20 Å². The lowest BCUT2D eigenvalue weighted by Crippen LogP contribution is -2.00. The van der Waals surface area contributed by atoms with Gasteiger partial charge in [-0.15, -0.1) is 0 Å². The van der Waals surface area contributed by atoms with Crippen LogP contribution in [0.5, 0.6) is 0 Å². The molecule has 0 saturated heterocycles. The number of hydrogen-bond acceptors (Lipinski definition) is 3. The van der Waals surface area contributed by atoms with Gasteiger partial charge in [0, 0.05) is 23.1 Å². The number of carbonyl (C=O) groups excluding carboxylic acids is 1. The van der Waals surface area contributed by atoms with E-state index in [1.165, 1.54) is 0 Å². The second kappa shape index (κ2) is 4.70. The van der Waals surface area contributed by atoms with Gasteiger partial charge in [-0.05, 0) is 30.2 Å². The highest BCUT2D eigenvalue weighted by Gasteiger charge is 2.22. The molecule has 102 valence electrons. The molecule has 1 aliphatic carbocycles. The molecular formula is C18H14N2O. The van der Waals surface area contributed by atoms with Crippen LogP contribution in [0.15, 0.2) is 54.7 Å². The second-order valence-corrected chi connectivity index (χ2v) is 5.30. The Bertz CT molecular complexity index is 855. The number of anilines is 2. The first-order chi connectivity index (χ1) is 10.3. The third-order valence-corrected chi connectivity index (χ3v) is 3.92. The molecule has 0 unspecified atom stereocenters. The fourth-order valence-electron chi connectivity index (χ4n) is 2.91. The first kappa shape index (κ1) is 12.1. The molecular weight excluding hydrogens is 260 g/mol. The highest BCUT2D eigenvalue weighted by Crippen LogP contribution is 2.31. The number of nitrogens with one attached hydrogen (secondary N) is 1. The Labute approximate surface area is 122 Å². The molecule has 0 bridgehead atoms. The monoisotopic (exact) mass is 274 g/mol. The van der Waals surface area contributed by atoms with E-state index in [4.69, 9.17) is 0 Å². The highest BCUT2D eigenvalue weighted by molar-refractivity contribution is 6.05. The van der Waals surface area contributed by atoms with Crippen LogP contribution in [0.1, 0.15) is 22.3 Å². The number of aryl methyl sites for hydroxylation is 1. The van der Waals surface area contributed by atoms with Crippen molar-refractivity contribution in [2.45, 2.75) is 12.8 Å². The zero-order valence-electron chi connectivity index (χ0n) is 11.5. The average Bonchev–Trinajstić information content (AvgIpc) is 2.90. The molecule has 0 saturated carbocycles. The van der Waals surface area contributed by atoms with Crippen molar-refractivity contribution in [2.24, 2.45) is 0 Å². The molecule has 1 aliphatic rings. The average molecular weight is 274 g/mol. The Morgan fingerprint density at radius 3 is 2.86 bits per heavy atom. The Morgan fingerprint density at radius 1 is 1.00 bits per heavy atom. The summed E-state index contributed by atoms with van der Waals surface area (Å²) in [5.41, 5.74) is 4.73. The lowest BCUT2D eigenvalue weighted by molar-refractivity contribution is 0.0995. The lowest BCUT2D eigenvalue weighted by atomic mass is 10.1. The van der Waals surface area contributed by atoms with Gasteiger partial charge in [-0.3, -0.25) is 9.78 Å². The third-order valence-electron chi connectivity index (χ3n) is 3.92. The van der Waals surface area contributed by atoms with Crippen molar-refractivity contribution in [3.8, 4) is 0 Å². The minimum absolute atomic E-state index is 0.224. The predicted molar refractivity (Wildman–Crippen MR) is 84.1 cm³/mol. The standard InChI is InChI=1S/C18H14N2O/c21-17-9-8-12-5-3-7-16(18(12)17)20-14-10-13-4-1-2-6-15(13)19-11-14/h1-7,10-11,20H,8-9H2. The van der Waals surface area contributed by atoms with Gasteiger partial charge in [-0.1, -0.05) is 30.3 Å². The maximum Gasteiger partial charge on any atom is 0.165 e. The Hall–Kier alpha value is -2.68. The summed E-state index contributed by atoms with van der Waals surface area (Å²) in [5.74, 6) is 0.224. The number of rotatable bonds is 2. The minimum Gasteiger partial charge on any atom is -0.354 e. The van der Waals surface area contributed by atoms with Crippen molar-refractivity contribution in [3.05, 3.63) is 65.9 Å². The van der Waals surface area contributed by atoms with Crippen LogP contribution in [-0.2, 0) is 6.42 Å². The Kier molecular flexibility index (Phi) is 2.71. The van der Waals surface area contributed by atoms with E-state index in [0.29, 0.717) is 6.42 Å². The molecule has 1 aromatic heterocycles. The van der Waals surface area contributed by atoms with Gasteiger partial charge in [0.05, 0.1) is 17.4 Å². The summed E-state index contributed by atoms with van der Waals surface area (Å²) >= 11 is 0. The topological polar surface area (TPSA) is 42.0 Å². The number of benzene rings is 2. The number of para-hydroxylation sites is 1. The molecule has 0 amide bonds. The molecule has 0 spiro atoms. The first-order valence-corrected chi connectivity index (χ1v) is 7.08. The molecule has 1 N–H and O–H groups in total. The number of ketones is 1. The molecule has 3 heteroatoms. The van der Waals surface area contributed by atoms with Gasteiger partial charge in [-0.25, -0.2) is 0 Å². The molecule has 3 nitrogen and oxygen atoms in total. The van der Waals surface area contributed by atoms with Crippen molar-refractivity contribution >= 4 is 28.1 Å². The fourth-order valence-corrected chi connectivity index (χ4v) is 2.91. The SMILES string of the molecule is O=C1CCc2cccc(Nc3cnc4ccccc4c3)c21.